The van der Waals surface area contributed by atoms with E-state index in [0.29, 0.717) is 12.5 Å². The first-order chi connectivity index (χ1) is 10.7. The molecule has 0 amide bonds. The summed E-state index contributed by atoms with van der Waals surface area (Å²) >= 11 is 3.49. The van der Waals surface area contributed by atoms with Gasteiger partial charge in [0.2, 0.25) is 0 Å². The summed E-state index contributed by atoms with van der Waals surface area (Å²) in [6, 6.07) is 4.32. The minimum atomic E-state index is 0. The summed E-state index contributed by atoms with van der Waals surface area (Å²) in [5.41, 5.74) is 2.96. The quantitative estimate of drug-likeness (QED) is 0.369. The number of aryl methyl sites for hydroxylation is 1. The average molecular weight is 464 g/mol. The lowest BCUT2D eigenvalue weighted by atomic mass is 10.1. The second-order valence-electron chi connectivity index (χ2n) is 5.33. The van der Waals surface area contributed by atoms with Gasteiger partial charge in [0, 0.05) is 22.8 Å². The molecule has 2 rings (SSSR count). The topological polar surface area (TPSA) is 49.3 Å². The third-order valence-electron chi connectivity index (χ3n) is 3.32. The van der Waals surface area contributed by atoms with Crippen LogP contribution in [0.4, 0.5) is 0 Å². The van der Waals surface area contributed by atoms with Gasteiger partial charge in [0.1, 0.15) is 0 Å². The van der Waals surface area contributed by atoms with Gasteiger partial charge in [-0.15, -0.1) is 46.7 Å². The number of aromatic nitrogens is 1. The molecule has 2 aromatic heterocycles. The highest BCUT2D eigenvalue weighted by Crippen LogP contribution is 2.14. The lowest BCUT2D eigenvalue weighted by molar-refractivity contribution is 0.562. The molecule has 0 aliphatic carbocycles. The lowest BCUT2D eigenvalue weighted by Crippen LogP contribution is -2.39. The Bertz CT molecular complexity index is 581. The first kappa shape index (κ1) is 20.4. The fourth-order valence-electron chi connectivity index (χ4n) is 2.09. The highest BCUT2D eigenvalue weighted by atomic mass is 127. The highest BCUT2D eigenvalue weighted by Gasteiger charge is 2.07. The van der Waals surface area contributed by atoms with E-state index >= 15 is 0 Å². The van der Waals surface area contributed by atoms with Crippen molar-refractivity contribution in [2.24, 2.45) is 10.9 Å². The van der Waals surface area contributed by atoms with E-state index < -0.39 is 0 Å². The van der Waals surface area contributed by atoms with Crippen molar-refractivity contribution in [2.45, 2.75) is 33.7 Å². The standard InChI is InChI=1S/C16H24N4S2.HI/c1-4-17-16(19-10-15-13(3)20-11-22-15)18-9-12(2)8-14-6-5-7-21-14;/h5-7,11-12H,4,8-10H2,1-3H3,(H2,17,18,19);1H. The first-order valence-electron chi connectivity index (χ1n) is 7.62. The van der Waals surface area contributed by atoms with E-state index in [4.69, 9.17) is 0 Å². The number of thiazole rings is 1. The van der Waals surface area contributed by atoms with E-state index in [2.05, 4.69) is 52.0 Å². The Hall–Kier alpha value is -0.670. The summed E-state index contributed by atoms with van der Waals surface area (Å²) < 4.78 is 0. The maximum Gasteiger partial charge on any atom is 0.191 e. The van der Waals surface area contributed by atoms with Crippen LogP contribution in [-0.4, -0.2) is 24.0 Å². The smallest absolute Gasteiger partial charge is 0.191 e. The summed E-state index contributed by atoms with van der Waals surface area (Å²) in [7, 11) is 0. The van der Waals surface area contributed by atoms with Gasteiger partial charge in [-0.25, -0.2) is 9.98 Å². The van der Waals surface area contributed by atoms with Gasteiger partial charge >= 0.3 is 0 Å². The highest BCUT2D eigenvalue weighted by molar-refractivity contribution is 14.0. The third-order valence-corrected chi connectivity index (χ3v) is 5.14. The van der Waals surface area contributed by atoms with E-state index in [1.165, 1.54) is 9.75 Å². The fourth-order valence-corrected chi connectivity index (χ4v) is 3.66. The van der Waals surface area contributed by atoms with Crippen molar-refractivity contribution < 1.29 is 0 Å². The maximum atomic E-state index is 4.65. The van der Waals surface area contributed by atoms with Crippen molar-refractivity contribution in [2.75, 3.05) is 13.1 Å². The fraction of sp³-hybridized carbons (Fsp3) is 0.500. The normalized spacial score (nSPS) is 12.6. The Morgan fingerprint density at radius 2 is 2.17 bits per heavy atom. The van der Waals surface area contributed by atoms with Crippen LogP contribution in [-0.2, 0) is 13.0 Å². The van der Waals surface area contributed by atoms with Crippen LogP contribution >= 0.6 is 46.7 Å². The van der Waals surface area contributed by atoms with Crippen LogP contribution < -0.4 is 10.6 Å². The van der Waals surface area contributed by atoms with Gasteiger partial charge in [-0.05, 0) is 37.6 Å². The lowest BCUT2D eigenvalue weighted by Gasteiger charge is -2.15. The van der Waals surface area contributed by atoms with Gasteiger partial charge < -0.3 is 10.6 Å². The van der Waals surface area contributed by atoms with E-state index in [-0.39, 0.29) is 24.0 Å². The number of hydrogen-bond donors (Lipinski definition) is 2. The second kappa shape index (κ2) is 11.0. The number of guanidine groups is 1. The minimum absolute atomic E-state index is 0. The molecule has 0 saturated heterocycles. The van der Waals surface area contributed by atoms with Crippen LogP contribution in [0.25, 0.3) is 0 Å². The summed E-state index contributed by atoms with van der Waals surface area (Å²) in [5, 5.41) is 8.88. The number of nitrogens with one attached hydrogen (secondary N) is 2. The van der Waals surface area contributed by atoms with Crippen molar-refractivity contribution in [3.05, 3.63) is 38.5 Å². The molecule has 0 spiro atoms. The molecule has 4 nitrogen and oxygen atoms in total. The molecule has 23 heavy (non-hydrogen) atoms. The molecular formula is C16H25IN4S2. The molecule has 0 radical (unpaired) electrons. The SMILES string of the molecule is CCNC(=NCc1scnc1C)NCC(C)Cc1cccs1.I. The number of hydrogen-bond acceptors (Lipinski definition) is 4. The predicted octanol–water partition coefficient (Wildman–Crippen LogP) is 4.06. The zero-order valence-corrected chi connectivity index (χ0v) is 17.8. The van der Waals surface area contributed by atoms with E-state index in [0.717, 1.165) is 31.2 Å². The number of thiophene rings is 1. The van der Waals surface area contributed by atoms with Gasteiger partial charge in [-0.3, -0.25) is 0 Å². The molecule has 2 heterocycles. The van der Waals surface area contributed by atoms with E-state index in [1.807, 2.05) is 23.8 Å². The third kappa shape index (κ3) is 7.17. The van der Waals surface area contributed by atoms with Crippen LogP contribution in [0.3, 0.4) is 0 Å². The molecule has 2 aromatic rings. The van der Waals surface area contributed by atoms with Crippen molar-refractivity contribution in [3.8, 4) is 0 Å². The Morgan fingerprint density at radius 3 is 2.78 bits per heavy atom. The number of halogens is 1. The van der Waals surface area contributed by atoms with Gasteiger partial charge in [0.05, 0.1) is 17.7 Å². The van der Waals surface area contributed by atoms with Crippen molar-refractivity contribution >= 4 is 52.6 Å². The zero-order chi connectivity index (χ0) is 15.8. The van der Waals surface area contributed by atoms with E-state index in [1.54, 1.807) is 11.3 Å². The molecule has 0 bridgehead atoms. The Labute approximate surface area is 163 Å². The van der Waals surface area contributed by atoms with Gasteiger partial charge in [0.15, 0.2) is 5.96 Å². The van der Waals surface area contributed by atoms with Crippen molar-refractivity contribution in [1.29, 1.82) is 0 Å². The molecule has 1 atom stereocenters. The number of rotatable bonds is 7. The average Bonchev–Trinajstić information content (AvgIpc) is 3.14. The molecule has 0 saturated carbocycles. The Balaban J connectivity index is 0.00000264. The van der Waals surface area contributed by atoms with Crippen molar-refractivity contribution in [1.82, 2.24) is 15.6 Å². The summed E-state index contributed by atoms with van der Waals surface area (Å²) in [6.45, 7) is 8.86. The predicted molar refractivity (Wildman–Crippen MR) is 112 cm³/mol. The molecule has 0 aliphatic heterocycles. The molecule has 7 heteroatoms. The van der Waals surface area contributed by atoms with Crippen LogP contribution in [0, 0.1) is 12.8 Å². The van der Waals surface area contributed by atoms with E-state index in [9.17, 15) is 0 Å². The summed E-state index contributed by atoms with van der Waals surface area (Å²) in [4.78, 5) is 11.6. The molecular weight excluding hydrogens is 439 g/mol. The maximum absolute atomic E-state index is 4.65. The van der Waals surface area contributed by atoms with Gasteiger partial charge in [-0.1, -0.05) is 13.0 Å². The summed E-state index contributed by atoms with van der Waals surface area (Å²) in [5.74, 6) is 1.46. The molecule has 0 aliphatic rings. The number of nitrogens with zero attached hydrogens (tertiary/aromatic N) is 2. The molecule has 0 fully saturated rings. The molecule has 0 aromatic carbocycles. The Morgan fingerprint density at radius 1 is 1.35 bits per heavy atom. The minimum Gasteiger partial charge on any atom is -0.357 e. The molecule has 2 N–H and O–H groups in total. The monoisotopic (exact) mass is 464 g/mol. The largest absolute Gasteiger partial charge is 0.357 e. The summed E-state index contributed by atoms with van der Waals surface area (Å²) in [6.07, 6.45) is 1.11. The van der Waals surface area contributed by atoms with Crippen molar-refractivity contribution in [3.63, 3.8) is 0 Å². The van der Waals surface area contributed by atoms with Crippen LogP contribution in [0.5, 0.6) is 0 Å². The van der Waals surface area contributed by atoms with Gasteiger partial charge in [0.25, 0.3) is 0 Å². The van der Waals surface area contributed by atoms with Crippen LogP contribution in [0.15, 0.2) is 28.0 Å². The molecule has 1 unspecified atom stereocenters. The van der Waals surface area contributed by atoms with Crippen LogP contribution in [0.1, 0.15) is 29.3 Å². The Kier molecular flexibility index (Phi) is 9.73. The van der Waals surface area contributed by atoms with Crippen LogP contribution in [0.2, 0.25) is 0 Å². The first-order valence-corrected chi connectivity index (χ1v) is 9.38. The molecule has 128 valence electrons. The number of aliphatic imine (C=N–C) groups is 1. The zero-order valence-electron chi connectivity index (χ0n) is 13.8. The van der Waals surface area contributed by atoms with Gasteiger partial charge in [-0.2, -0.15) is 0 Å². The second-order valence-corrected chi connectivity index (χ2v) is 7.30.